The Bertz CT molecular complexity index is 979. The Labute approximate surface area is 169 Å². The molecule has 2 atom stereocenters. The van der Waals surface area contributed by atoms with Crippen molar-refractivity contribution in [3.05, 3.63) is 41.2 Å². The van der Waals surface area contributed by atoms with Crippen molar-refractivity contribution in [1.82, 2.24) is 4.31 Å². The summed E-state index contributed by atoms with van der Waals surface area (Å²) < 4.78 is 32.4. The van der Waals surface area contributed by atoms with Crippen molar-refractivity contribution in [1.29, 1.82) is 0 Å². The van der Waals surface area contributed by atoms with Crippen LogP contribution in [0.1, 0.15) is 38.2 Å². The molecule has 0 spiro atoms. The quantitative estimate of drug-likeness (QED) is 0.569. The molecule has 2 aliphatic rings. The number of carbonyl (C=O) groups is 3. The van der Waals surface area contributed by atoms with E-state index in [0.717, 1.165) is 16.8 Å². The van der Waals surface area contributed by atoms with E-state index in [-0.39, 0.29) is 29.9 Å². The van der Waals surface area contributed by atoms with Gasteiger partial charge in [0.05, 0.1) is 4.90 Å². The molecule has 29 heavy (non-hydrogen) atoms. The average Bonchev–Trinajstić information content (AvgIpc) is 3.15. The number of Topliss-reactive ketones (excluding diaryl/α,β-unsaturated/α-hetero) is 2. The van der Waals surface area contributed by atoms with Crippen molar-refractivity contribution >= 4 is 27.6 Å². The third-order valence-corrected chi connectivity index (χ3v) is 7.11. The van der Waals surface area contributed by atoms with Gasteiger partial charge in [-0.15, -0.1) is 0 Å². The van der Waals surface area contributed by atoms with Crippen LogP contribution >= 0.6 is 0 Å². The van der Waals surface area contributed by atoms with Crippen LogP contribution in [0.4, 0.5) is 0 Å². The van der Waals surface area contributed by atoms with Crippen LogP contribution in [0.25, 0.3) is 0 Å². The topological polar surface area (TPSA) is 118 Å². The zero-order chi connectivity index (χ0) is 21.3. The number of benzene rings is 1. The lowest BCUT2D eigenvalue weighted by Crippen LogP contribution is -2.43. The lowest BCUT2D eigenvalue weighted by molar-refractivity contribution is -0.154. The lowest BCUT2D eigenvalue weighted by Gasteiger charge is -2.27. The summed E-state index contributed by atoms with van der Waals surface area (Å²) in [5.41, 5.74) is 0.557. The molecular formula is C20H23NO7S. The predicted molar refractivity (Wildman–Crippen MR) is 103 cm³/mol. The van der Waals surface area contributed by atoms with Gasteiger partial charge in [0.25, 0.3) is 0 Å². The monoisotopic (exact) mass is 421 g/mol. The first kappa shape index (κ1) is 21.2. The van der Waals surface area contributed by atoms with E-state index in [1.165, 1.54) is 12.1 Å². The standard InChI is InChI=1S/C20H23NO7S/c1-12-5-7-14(8-6-12)29(26,27)21-11-3-4-15(21)20(25)28-17-10-9-16(23)18(13(2)22)19(17)24/h5-8,15,17,24H,3-4,9-11H2,1-2H3/t15-,17+/m0/s1. The largest absolute Gasteiger partial charge is 0.507 e. The molecule has 156 valence electrons. The molecule has 1 aliphatic heterocycles. The highest BCUT2D eigenvalue weighted by Gasteiger charge is 2.42. The van der Waals surface area contributed by atoms with Crippen LogP contribution < -0.4 is 0 Å². The number of aliphatic hydroxyl groups excluding tert-OH is 1. The molecule has 0 unspecified atom stereocenters. The number of rotatable bonds is 5. The van der Waals surface area contributed by atoms with Gasteiger partial charge in [0.15, 0.2) is 17.7 Å². The first-order valence-corrected chi connectivity index (χ1v) is 10.8. The van der Waals surface area contributed by atoms with Crippen LogP contribution in [0, 0.1) is 6.92 Å². The number of ether oxygens (including phenoxy) is 1. The van der Waals surface area contributed by atoms with E-state index in [9.17, 15) is 27.9 Å². The first-order valence-electron chi connectivity index (χ1n) is 9.39. The van der Waals surface area contributed by atoms with Crippen molar-refractivity contribution in [2.24, 2.45) is 0 Å². The Hall–Kier alpha value is -2.52. The smallest absolute Gasteiger partial charge is 0.325 e. The zero-order valence-electron chi connectivity index (χ0n) is 16.3. The summed E-state index contributed by atoms with van der Waals surface area (Å²) >= 11 is 0. The minimum absolute atomic E-state index is 0.0348. The van der Waals surface area contributed by atoms with E-state index in [1.807, 2.05) is 6.92 Å². The molecule has 0 radical (unpaired) electrons. The van der Waals surface area contributed by atoms with Crippen molar-refractivity contribution < 1.29 is 32.6 Å². The molecule has 3 rings (SSSR count). The van der Waals surface area contributed by atoms with E-state index >= 15 is 0 Å². The first-order chi connectivity index (χ1) is 13.6. The number of aryl methyl sites for hydroxylation is 1. The summed E-state index contributed by atoms with van der Waals surface area (Å²) in [7, 11) is -3.89. The molecule has 1 N–H and O–H groups in total. The fourth-order valence-corrected chi connectivity index (χ4v) is 5.29. The number of hydrogen-bond donors (Lipinski definition) is 1. The molecule has 1 saturated heterocycles. The van der Waals surface area contributed by atoms with Gasteiger partial charge in [-0.2, -0.15) is 4.31 Å². The molecular weight excluding hydrogens is 398 g/mol. The van der Waals surface area contributed by atoms with Gasteiger partial charge in [0.1, 0.15) is 17.4 Å². The molecule has 1 aromatic carbocycles. The van der Waals surface area contributed by atoms with Crippen LogP contribution in [-0.4, -0.2) is 54.1 Å². The summed E-state index contributed by atoms with van der Waals surface area (Å²) in [4.78, 5) is 36.3. The van der Waals surface area contributed by atoms with Crippen molar-refractivity contribution in [3.63, 3.8) is 0 Å². The fourth-order valence-electron chi connectivity index (χ4n) is 3.65. The second-order valence-corrected chi connectivity index (χ2v) is 9.18. The van der Waals surface area contributed by atoms with Gasteiger partial charge in [-0.3, -0.25) is 14.4 Å². The highest BCUT2D eigenvalue weighted by atomic mass is 32.2. The SMILES string of the molecule is CC(=O)C1=C(O)[C@H](OC(=O)[C@@H]2CCCN2S(=O)(=O)c2ccc(C)cc2)CCC1=O. The van der Waals surface area contributed by atoms with Crippen LogP contribution in [0.15, 0.2) is 40.5 Å². The highest BCUT2D eigenvalue weighted by molar-refractivity contribution is 7.89. The maximum absolute atomic E-state index is 13.0. The van der Waals surface area contributed by atoms with Crippen molar-refractivity contribution in [3.8, 4) is 0 Å². The Balaban J connectivity index is 1.81. The maximum atomic E-state index is 13.0. The molecule has 1 heterocycles. The van der Waals surface area contributed by atoms with Gasteiger partial charge in [0, 0.05) is 13.0 Å². The number of hydrogen-bond acceptors (Lipinski definition) is 7. The number of aliphatic hydroxyl groups is 1. The zero-order valence-corrected chi connectivity index (χ0v) is 17.1. The van der Waals surface area contributed by atoms with Gasteiger partial charge >= 0.3 is 5.97 Å². The van der Waals surface area contributed by atoms with E-state index in [2.05, 4.69) is 0 Å². The Morgan fingerprint density at radius 3 is 2.45 bits per heavy atom. The van der Waals surface area contributed by atoms with Crippen LogP contribution in [-0.2, 0) is 29.1 Å². The fraction of sp³-hybridized carbons (Fsp3) is 0.450. The molecule has 9 heteroatoms. The van der Waals surface area contributed by atoms with E-state index < -0.39 is 45.5 Å². The molecule has 8 nitrogen and oxygen atoms in total. The minimum Gasteiger partial charge on any atom is -0.507 e. The summed E-state index contributed by atoms with van der Waals surface area (Å²) in [6.07, 6.45) is -0.338. The normalized spacial score (nSPS) is 23.3. The van der Waals surface area contributed by atoms with Crippen molar-refractivity contribution in [2.75, 3.05) is 6.54 Å². The predicted octanol–water partition coefficient (Wildman–Crippen LogP) is 1.82. The third kappa shape index (κ3) is 4.11. The Kier molecular flexibility index (Phi) is 5.90. The molecule has 0 amide bonds. The number of carbonyl (C=O) groups excluding carboxylic acids is 3. The Morgan fingerprint density at radius 2 is 1.83 bits per heavy atom. The summed E-state index contributed by atoms with van der Waals surface area (Å²) in [6, 6.07) is 5.33. The van der Waals surface area contributed by atoms with Gasteiger partial charge in [-0.25, -0.2) is 8.42 Å². The Morgan fingerprint density at radius 1 is 1.17 bits per heavy atom. The number of ketones is 2. The lowest BCUT2D eigenvalue weighted by atomic mass is 9.92. The number of sulfonamides is 1. The van der Waals surface area contributed by atoms with Gasteiger partial charge in [-0.05, 0) is 45.2 Å². The highest BCUT2D eigenvalue weighted by Crippen LogP contribution is 2.29. The van der Waals surface area contributed by atoms with Crippen LogP contribution in [0.2, 0.25) is 0 Å². The molecule has 1 aliphatic carbocycles. The van der Waals surface area contributed by atoms with Gasteiger partial charge in [-0.1, -0.05) is 17.7 Å². The molecule has 1 aromatic rings. The average molecular weight is 421 g/mol. The van der Waals surface area contributed by atoms with Gasteiger partial charge in [0.2, 0.25) is 10.0 Å². The van der Waals surface area contributed by atoms with E-state index in [4.69, 9.17) is 4.74 Å². The van der Waals surface area contributed by atoms with Crippen LogP contribution in [0.5, 0.6) is 0 Å². The molecule has 0 aromatic heterocycles. The molecule has 0 saturated carbocycles. The summed E-state index contributed by atoms with van der Waals surface area (Å²) in [6.45, 7) is 3.18. The van der Waals surface area contributed by atoms with E-state index in [1.54, 1.807) is 12.1 Å². The second kappa shape index (κ2) is 8.08. The van der Waals surface area contributed by atoms with Crippen LogP contribution in [0.3, 0.4) is 0 Å². The third-order valence-electron chi connectivity index (χ3n) is 5.19. The van der Waals surface area contributed by atoms with Crippen molar-refractivity contribution in [2.45, 2.75) is 56.6 Å². The number of allylic oxidation sites excluding steroid dienone is 1. The number of nitrogens with zero attached hydrogens (tertiary/aromatic N) is 1. The summed E-state index contributed by atoms with van der Waals surface area (Å²) in [5, 5.41) is 10.2. The minimum atomic E-state index is -3.89. The second-order valence-electron chi connectivity index (χ2n) is 7.29. The molecule has 0 bridgehead atoms. The van der Waals surface area contributed by atoms with E-state index in [0.29, 0.717) is 12.8 Å². The van der Waals surface area contributed by atoms with Gasteiger partial charge < -0.3 is 9.84 Å². The maximum Gasteiger partial charge on any atom is 0.325 e. The number of esters is 1. The molecule has 1 fully saturated rings. The summed E-state index contributed by atoms with van der Waals surface area (Å²) in [5.74, 6) is -2.45.